The molecule has 3 nitrogen and oxygen atoms in total. The Labute approximate surface area is 105 Å². The van der Waals surface area contributed by atoms with Crippen molar-refractivity contribution in [1.82, 2.24) is 0 Å². The number of aliphatic hydroxyl groups is 1. The third-order valence-electron chi connectivity index (χ3n) is 2.85. The summed E-state index contributed by atoms with van der Waals surface area (Å²) in [6.07, 6.45) is 0. The summed E-state index contributed by atoms with van der Waals surface area (Å²) in [6, 6.07) is 15.2. The fourth-order valence-corrected chi connectivity index (χ4v) is 1.85. The molecule has 0 aliphatic rings. The van der Waals surface area contributed by atoms with Gasteiger partial charge in [0.05, 0.1) is 12.5 Å². The minimum Gasteiger partial charge on any atom is -0.508 e. The van der Waals surface area contributed by atoms with E-state index in [4.69, 9.17) is 0 Å². The fraction of sp³-hybridized carbons (Fsp3) is 0.133. The van der Waals surface area contributed by atoms with E-state index in [-0.39, 0.29) is 18.1 Å². The van der Waals surface area contributed by atoms with E-state index < -0.39 is 5.92 Å². The van der Waals surface area contributed by atoms with E-state index in [0.717, 1.165) is 5.56 Å². The van der Waals surface area contributed by atoms with Gasteiger partial charge in [0.2, 0.25) is 0 Å². The number of hydrogen-bond acceptors (Lipinski definition) is 3. The molecule has 0 saturated heterocycles. The summed E-state index contributed by atoms with van der Waals surface area (Å²) in [5.41, 5.74) is 1.27. The van der Waals surface area contributed by atoms with E-state index in [1.165, 1.54) is 12.1 Å². The lowest BCUT2D eigenvalue weighted by Gasteiger charge is -2.13. The topological polar surface area (TPSA) is 57.5 Å². The van der Waals surface area contributed by atoms with Crippen molar-refractivity contribution in [2.24, 2.45) is 0 Å². The molecular weight excluding hydrogens is 228 g/mol. The van der Waals surface area contributed by atoms with Gasteiger partial charge in [-0.15, -0.1) is 0 Å². The molecule has 2 aromatic carbocycles. The largest absolute Gasteiger partial charge is 0.508 e. The summed E-state index contributed by atoms with van der Waals surface area (Å²) in [4.78, 5) is 12.2. The van der Waals surface area contributed by atoms with Gasteiger partial charge in [-0.05, 0) is 29.8 Å². The molecule has 0 radical (unpaired) electrons. The fourth-order valence-electron chi connectivity index (χ4n) is 1.85. The Morgan fingerprint density at radius 2 is 1.61 bits per heavy atom. The van der Waals surface area contributed by atoms with Crippen LogP contribution in [0.25, 0.3) is 0 Å². The van der Waals surface area contributed by atoms with Crippen LogP contribution in [0.1, 0.15) is 21.8 Å². The van der Waals surface area contributed by atoms with Gasteiger partial charge >= 0.3 is 0 Å². The molecule has 92 valence electrons. The minimum atomic E-state index is -0.559. The van der Waals surface area contributed by atoms with Gasteiger partial charge in [0.15, 0.2) is 5.78 Å². The Bertz CT molecular complexity index is 517. The summed E-state index contributed by atoms with van der Waals surface area (Å²) in [5.74, 6) is -0.591. The molecule has 0 bridgehead atoms. The van der Waals surface area contributed by atoms with Crippen LogP contribution in [-0.2, 0) is 0 Å². The highest BCUT2D eigenvalue weighted by Gasteiger charge is 2.20. The molecule has 0 saturated carbocycles. The first-order chi connectivity index (χ1) is 8.72. The molecule has 0 amide bonds. The van der Waals surface area contributed by atoms with Gasteiger partial charge in [-0.3, -0.25) is 4.79 Å². The molecule has 2 aromatic rings. The molecule has 3 heteroatoms. The quantitative estimate of drug-likeness (QED) is 0.809. The van der Waals surface area contributed by atoms with Gasteiger partial charge < -0.3 is 10.2 Å². The van der Waals surface area contributed by atoms with Crippen molar-refractivity contribution in [3.63, 3.8) is 0 Å². The molecule has 18 heavy (non-hydrogen) atoms. The molecule has 0 aliphatic heterocycles. The van der Waals surface area contributed by atoms with Crippen LogP contribution in [0.4, 0.5) is 0 Å². The summed E-state index contributed by atoms with van der Waals surface area (Å²) in [7, 11) is 0. The molecule has 2 rings (SSSR count). The number of ketones is 1. The van der Waals surface area contributed by atoms with Gasteiger partial charge in [0.1, 0.15) is 5.75 Å². The van der Waals surface area contributed by atoms with Crippen LogP contribution < -0.4 is 0 Å². The second kappa shape index (κ2) is 5.47. The maximum absolute atomic E-state index is 12.2. The molecule has 2 N–H and O–H groups in total. The molecule has 1 atom stereocenters. The lowest BCUT2D eigenvalue weighted by atomic mass is 9.91. The molecule has 0 aliphatic carbocycles. The maximum Gasteiger partial charge on any atom is 0.172 e. The molecule has 1 unspecified atom stereocenters. The highest BCUT2D eigenvalue weighted by molar-refractivity contribution is 6.01. The highest BCUT2D eigenvalue weighted by atomic mass is 16.3. The van der Waals surface area contributed by atoms with Crippen molar-refractivity contribution in [3.8, 4) is 5.75 Å². The first-order valence-electron chi connectivity index (χ1n) is 5.71. The third kappa shape index (κ3) is 2.57. The molecular formula is C15H14O3. The average Bonchev–Trinajstić information content (AvgIpc) is 2.41. The zero-order valence-electron chi connectivity index (χ0n) is 9.78. The Morgan fingerprint density at radius 3 is 2.17 bits per heavy atom. The number of phenolic OH excluding ortho intramolecular Hbond substituents is 1. The van der Waals surface area contributed by atoms with Crippen molar-refractivity contribution >= 4 is 5.78 Å². The van der Waals surface area contributed by atoms with Gasteiger partial charge in [-0.1, -0.05) is 30.3 Å². The number of rotatable bonds is 4. The molecule has 0 fully saturated rings. The first-order valence-corrected chi connectivity index (χ1v) is 5.71. The smallest absolute Gasteiger partial charge is 0.172 e. The van der Waals surface area contributed by atoms with E-state index >= 15 is 0 Å². The number of aliphatic hydroxyl groups excluding tert-OH is 1. The normalized spacial score (nSPS) is 12.1. The van der Waals surface area contributed by atoms with E-state index in [1.807, 2.05) is 30.3 Å². The summed E-state index contributed by atoms with van der Waals surface area (Å²) in [5, 5.41) is 18.6. The van der Waals surface area contributed by atoms with E-state index in [1.54, 1.807) is 12.1 Å². The molecule has 0 heterocycles. The van der Waals surface area contributed by atoms with Crippen molar-refractivity contribution in [2.45, 2.75) is 5.92 Å². The number of Topliss-reactive ketones (excluding diaryl/α,β-unsaturated/α-hetero) is 1. The predicted molar refractivity (Wildman–Crippen MR) is 68.7 cm³/mol. The van der Waals surface area contributed by atoms with E-state index in [9.17, 15) is 15.0 Å². The molecule has 0 aromatic heterocycles. The number of phenols is 1. The van der Waals surface area contributed by atoms with Crippen molar-refractivity contribution in [1.29, 1.82) is 0 Å². The van der Waals surface area contributed by atoms with Crippen LogP contribution in [0.2, 0.25) is 0 Å². The lowest BCUT2D eigenvalue weighted by molar-refractivity contribution is 0.0922. The maximum atomic E-state index is 12.2. The Morgan fingerprint density at radius 1 is 1.00 bits per heavy atom. The van der Waals surface area contributed by atoms with Crippen LogP contribution in [-0.4, -0.2) is 22.6 Å². The predicted octanol–water partition coefficient (Wildman–Crippen LogP) is 2.35. The summed E-state index contributed by atoms with van der Waals surface area (Å²) < 4.78 is 0. The van der Waals surface area contributed by atoms with Crippen LogP contribution >= 0.6 is 0 Å². The van der Waals surface area contributed by atoms with Crippen molar-refractivity contribution < 1.29 is 15.0 Å². The number of carbonyl (C=O) groups is 1. The third-order valence-corrected chi connectivity index (χ3v) is 2.85. The van der Waals surface area contributed by atoms with Crippen LogP contribution in [0.5, 0.6) is 5.75 Å². The SMILES string of the molecule is O=C(c1ccc(O)cc1)C(CO)c1ccccc1. The zero-order valence-corrected chi connectivity index (χ0v) is 9.78. The second-order valence-corrected chi connectivity index (χ2v) is 4.06. The van der Waals surface area contributed by atoms with Crippen molar-refractivity contribution in [2.75, 3.05) is 6.61 Å². The Kier molecular flexibility index (Phi) is 3.75. The highest BCUT2D eigenvalue weighted by Crippen LogP contribution is 2.21. The first kappa shape index (κ1) is 12.3. The standard InChI is InChI=1S/C15H14O3/c16-10-14(11-4-2-1-3-5-11)15(18)12-6-8-13(17)9-7-12/h1-9,14,16-17H,10H2. The summed E-state index contributed by atoms with van der Waals surface area (Å²) >= 11 is 0. The number of carbonyl (C=O) groups excluding carboxylic acids is 1. The van der Waals surface area contributed by atoms with Crippen LogP contribution in [0.15, 0.2) is 54.6 Å². The number of hydrogen-bond donors (Lipinski definition) is 2. The Balaban J connectivity index is 2.28. The van der Waals surface area contributed by atoms with Gasteiger partial charge in [0, 0.05) is 5.56 Å². The zero-order chi connectivity index (χ0) is 13.0. The number of aromatic hydroxyl groups is 1. The minimum absolute atomic E-state index is 0.117. The number of benzene rings is 2. The second-order valence-electron chi connectivity index (χ2n) is 4.06. The van der Waals surface area contributed by atoms with Gasteiger partial charge in [-0.2, -0.15) is 0 Å². The monoisotopic (exact) mass is 242 g/mol. The van der Waals surface area contributed by atoms with E-state index in [0.29, 0.717) is 5.56 Å². The van der Waals surface area contributed by atoms with Gasteiger partial charge in [0.25, 0.3) is 0 Å². The van der Waals surface area contributed by atoms with Crippen LogP contribution in [0, 0.1) is 0 Å². The van der Waals surface area contributed by atoms with Gasteiger partial charge in [-0.25, -0.2) is 0 Å². The van der Waals surface area contributed by atoms with E-state index in [2.05, 4.69) is 0 Å². The van der Waals surface area contributed by atoms with Crippen LogP contribution in [0.3, 0.4) is 0 Å². The average molecular weight is 242 g/mol. The summed E-state index contributed by atoms with van der Waals surface area (Å²) in [6.45, 7) is -0.232. The van der Waals surface area contributed by atoms with Crippen molar-refractivity contribution in [3.05, 3.63) is 65.7 Å². The molecule has 0 spiro atoms. The Hall–Kier alpha value is -2.13. The lowest BCUT2D eigenvalue weighted by Crippen LogP contribution is -2.16.